The van der Waals surface area contributed by atoms with Crippen molar-refractivity contribution in [3.05, 3.63) is 244 Å². The highest BCUT2D eigenvalue weighted by Crippen LogP contribution is 2.51. The van der Waals surface area contributed by atoms with E-state index in [0.717, 1.165) is 104 Å². The number of benzene rings is 12. The Balaban J connectivity index is 0.000000123. The van der Waals surface area contributed by atoms with Crippen LogP contribution in [-0.2, 0) is 0 Å². The average molecular weight is 1480 g/mol. The SMILES string of the molecule is COc1cc(-c2nc3ccc(C(=O)N4C[C@@H](CCl)c5c4cc(O)c4cccc(C)c54)cc3[nH]2)ccc1O.Cc1cccc2c(O)cc3c(c12)[C@H](CCl)CN3C(=O)c1ccc2nc(-c3ccc(O)cc3)[nH]c2c1.Cc1cccc2c(O)cc3c(c12)[C@H](CCl)CN3C(=O)c1ccc2nc(-c3cccc(N)c3)[nH]c2c1. The minimum atomic E-state index is -0.175. The van der Waals surface area contributed by atoms with Gasteiger partial charge in [-0.1, -0.05) is 66.7 Å². The number of imidazole rings is 3. The number of aromatic nitrogens is 6. The summed E-state index contributed by atoms with van der Waals surface area (Å²) in [6, 6.07) is 58.0. The van der Waals surface area contributed by atoms with E-state index >= 15 is 0 Å². The molecule has 10 N–H and O–H groups in total. The smallest absolute Gasteiger partial charge is 0.258 e. The predicted molar refractivity (Wildman–Crippen MR) is 425 cm³/mol. The number of ether oxygens (including phenoxy) is 1. The highest BCUT2D eigenvalue weighted by Gasteiger charge is 2.39. The highest BCUT2D eigenvalue weighted by molar-refractivity contribution is 6.21. The molecule has 0 aliphatic carbocycles. The molecule has 3 aliphatic rings. The third-order valence-corrected chi connectivity index (χ3v) is 21.8. The standard InChI is InChI=1S/C29H24ClN3O4.C28H23ClN4O2.C28H22ClN3O3/c1-15-4-3-5-19-24(35)12-22-27(26(15)19)18(13-30)14-33(22)29(36)17-6-8-20-21(10-17)32-28(31-20)16-7-9-23(34)25(11-16)37-2;1-15-4-2-7-20-24(34)12-23-26(25(15)20)18(13-29)14-33(23)28(35)17-8-9-21-22(11-17)32-27(31-21)16-5-3-6-19(30)10-16;1-15-3-2-4-20-24(34)12-23-26(25(15)20)18(13-29)14-32(23)28(35)17-7-10-21-22(11-17)31-27(30-21)16-5-8-19(33)9-6-16/h3-12,18,34-35H,13-14H2,1-2H3,(H,31,32);2-12,18,34H,13-14,30H2,1H3,(H,31,32);2-12,18,33-34H,13-14H2,1H3,(H,30,31)/t3*18-/m111/s1. The number of alkyl halides is 3. The van der Waals surface area contributed by atoms with Gasteiger partial charge in [-0.2, -0.15) is 0 Å². The molecule has 0 unspecified atom stereocenters. The molecule has 107 heavy (non-hydrogen) atoms. The molecule has 6 heterocycles. The van der Waals surface area contributed by atoms with E-state index in [1.807, 2.05) is 118 Å². The number of carbonyl (C=O) groups excluding carboxylic acids is 3. The molecular weight excluding hydrogens is 1410 g/mol. The molecule has 0 saturated heterocycles. The first-order valence-electron chi connectivity index (χ1n) is 34.7. The van der Waals surface area contributed by atoms with Gasteiger partial charge in [0, 0.05) is 128 Å². The van der Waals surface area contributed by atoms with E-state index in [-0.39, 0.29) is 64.2 Å². The minimum absolute atomic E-state index is 0.0224. The summed E-state index contributed by atoms with van der Waals surface area (Å²) in [5.41, 5.74) is 23.3. The van der Waals surface area contributed by atoms with Crippen LogP contribution in [0.2, 0.25) is 0 Å². The van der Waals surface area contributed by atoms with Crippen LogP contribution in [0.3, 0.4) is 0 Å². The van der Waals surface area contributed by atoms with Crippen molar-refractivity contribution in [2.45, 2.75) is 38.5 Å². The lowest BCUT2D eigenvalue weighted by Crippen LogP contribution is -2.30. The maximum atomic E-state index is 13.8. The third kappa shape index (κ3) is 12.2. The summed E-state index contributed by atoms with van der Waals surface area (Å²) in [7, 11) is 1.49. The number of H-pyrrole nitrogens is 3. The van der Waals surface area contributed by atoms with Gasteiger partial charge in [-0.05, 0) is 180 Å². The van der Waals surface area contributed by atoms with Crippen LogP contribution in [-0.4, -0.2) is 118 Å². The van der Waals surface area contributed by atoms with E-state index < -0.39 is 0 Å². The highest BCUT2D eigenvalue weighted by atomic mass is 35.5. The van der Waals surface area contributed by atoms with Crippen LogP contribution in [0.1, 0.15) is 82.2 Å². The number of aromatic amines is 3. The fourth-order valence-corrected chi connectivity index (χ4v) is 16.2. The molecule has 0 radical (unpaired) electrons. The number of rotatable bonds is 10. The summed E-state index contributed by atoms with van der Waals surface area (Å²) < 4.78 is 5.21. The zero-order valence-electron chi connectivity index (χ0n) is 58.2. The van der Waals surface area contributed by atoms with Crippen LogP contribution in [0.25, 0.3) is 99.6 Å². The Bertz CT molecular complexity index is 6150. The number of carbonyl (C=O) groups is 3. The lowest BCUT2D eigenvalue weighted by Gasteiger charge is -2.19. The number of nitrogen functional groups attached to an aromatic ring is 1. The molecule has 3 atom stereocenters. The maximum Gasteiger partial charge on any atom is 0.258 e. The molecule has 534 valence electrons. The van der Waals surface area contributed by atoms with Crippen molar-refractivity contribution in [2.75, 3.05) is 64.8 Å². The predicted octanol–water partition coefficient (Wildman–Crippen LogP) is 18.1. The Kier molecular flexibility index (Phi) is 17.8. The number of phenolic OH excluding ortho intramolecular Hbond substituents is 5. The quantitative estimate of drug-likeness (QED) is 0.0455. The zero-order valence-corrected chi connectivity index (χ0v) is 60.5. The first-order valence-corrected chi connectivity index (χ1v) is 36.3. The maximum absolute atomic E-state index is 13.8. The minimum Gasteiger partial charge on any atom is -0.508 e. The van der Waals surface area contributed by atoms with Crippen molar-refractivity contribution < 1.29 is 44.7 Å². The number of phenols is 5. The normalized spacial score (nSPS) is 15.1. The first-order chi connectivity index (χ1) is 51.8. The van der Waals surface area contributed by atoms with Crippen LogP contribution in [0.4, 0.5) is 22.7 Å². The van der Waals surface area contributed by atoms with Crippen LogP contribution in [0.15, 0.2) is 194 Å². The molecular formula is C85H69Cl3N10O9. The number of methoxy groups -OCH3 is 1. The largest absolute Gasteiger partial charge is 0.508 e. The number of hydrogen-bond donors (Lipinski definition) is 9. The number of halogens is 3. The summed E-state index contributed by atoms with van der Waals surface area (Å²) in [6.45, 7) is 7.37. The van der Waals surface area contributed by atoms with Crippen molar-refractivity contribution in [1.29, 1.82) is 0 Å². The van der Waals surface area contributed by atoms with E-state index in [4.69, 9.17) is 45.3 Å². The summed E-state index contributed by atoms with van der Waals surface area (Å²) in [6.07, 6.45) is 0. The Morgan fingerprint density at radius 1 is 0.430 bits per heavy atom. The van der Waals surface area contributed by atoms with Crippen LogP contribution in [0.5, 0.6) is 34.5 Å². The number of anilines is 4. The molecule has 18 rings (SSSR count). The zero-order chi connectivity index (χ0) is 74.4. The number of nitrogens with zero attached hydrogens (tertiary/aromatic N) is 6. The monoisotopic (exact) mass is 1480 g/mol. The summed E-state index contributed by atoms with van der Waals surface area (Å²) in [5.74, 6) is 3.53. The fourth-order valence-electron chi connectivity index (χ4n) is 15.5. The Labute approximate surface area is 627 Å². The van der Waals surface area contributed by atoms with Gasteiger partial charge in [0.2, 0.25) is 0 Å². The summed E-state index contributed by atoms with van der Waals surface area (Å²) >= 11 is 19.1. The molecule has 15 aromatic rings. The molecule has 19 nitrogen and oxygen atoms in total. The molecule has 0 saturated carbocycles. The van der Waals surface area contributed by atoms with E-state index in [9.17, 15) is 39.9 Å². The number of amides is 3. The lowest BCUT2D eigenvalue weighted by atomic mass is 9.92. The van der Waals surface area contributed by atoms with Crippen LogP contribution in [0, 0.1) is 20.8 Å². The van der Waals surface area contributed by atoms with Gasteiger partial charge in [-0.3, -0.25) is 14.4 Å². The molecule has 12 aromatic carbocycles. The average Bonchev–Trinajstić information content (AvgIpc) is 1.62. The number of fused-ring (bicyclic) bond motifs is 12. The van der Waals surface area contributed by atoms with Gasteiger partial charge in [0.05, 0.1) is 57.3 Å². The van der Waals surface area contributed by atoms with Gasteiger partial charge < -0.3 is 65.7 Å². The van der Waals surface area contributed by atoms with Gasteiger partial charge >= 0.3 is 0 Å². The number of aryl methyl sites for hydroxylation is 3. The number of nitrogens with one attached hydrogen (secondary N) is 3. The first kappa shape index (κ1) is 69.1. The van der Waals surface area contributed by atoms with Crippen molar-refractivity contribution >= 4 is 141 Å². The second-order valence-electron chi connectivity index (χ2n) is 27.3. The molecule has 3 aliphatic heterocycles. The van der Waals surface area contributed by atoms with Gasteiger partial charge in [-0.25, -0.2) is 15.0 Å². The van der Waals surface area contributed by atoms with Crippen molar-refractivity contribution in [3.63, 3.8) is 0 Å². The second-order valence-corrected chi connectivity index (χ2v) is 28.2. The fraction of sp³-hybridized carbons (Fsp3) is 0.153. The molecule has 0 bridgehead atoms. The van der Waals surface area contributed by atoms with Crippen molar-refractivity contribution in [3.8, 4) is 68.7 Å². The van der Waals surface area contributed by atoms with Crippen LogP contribution >= 0.6 is 34.8 Å². The molecule has 0 fully saturated rings. The van der Waals surface area contributed by atoms with Gasteiger partial charge in [0.1, 0.15) is 40.5 Å². The molecule has 0 spiro atoms. The lowest BCUT2D eigenvalue weighted by molar-refractivity contribution is 0.0981. The Morgan fingerprint density at radius 2 is 0.785 bits per heavy atom. The Hall–Kier alpha value is -12.3. The Morgan fingerprint density at radius 3 is 1.15 bits per heavy atom. The number of aromatic hydroxyl groups is 5. The molecule has 22 heteroatoms. The van der Waals surface area contributed by atoms with E-state index in [2.05, 4.69) is 29.9 Å². The topological polar surface area (TPSA) is 283 Å². The second kappa shape index (κ2) is 27.6. The van der Waals surface area contributed by atoms with Gasteiger partial charge in [-0.15, -0.1) is 34.8 Å². The molecule has 3 amide bonds. The van der Waals surface area contributed by atoms with Crippen molar-refractivity contribution in [2.24, 2.45) is 0 Å². The molecule has 3 aromatic heterocycles. The van der Waals surface area contributed by atoms with Gasteiger partial charge in [0.25, 0.3) is 17.7 Å². The number of nitrogens with two attached hydrogens (primary N) is 1. The van der Waals surface area contributed by atoms with E-state index in [1.165, 1.54) is 7.11 Å². The van der Waals surface area contributed by atoms with Crippen LogP contribution < -0.4 is 25.2 Å². The van der Waals surface area contributed by atoms with Crippen molar-refractivity contribution in [1.82, 2.24) is 29.9 Å². The van der Waals surface area contributed by atoms with Gasteiger partial charge in [0.15, 0.2) is 11.5 Å². The third-order valence-electron chi connectivity index (χ3n) is 20.6. The van der Waals surface area contributed by atoms with E-state index in [1.54, 1.807) is 112 Å². The van der Waals surface area contributed by atoms with E-state index in [0.29, 0.717) is 111 Å². The summed E-state index contributed by atoms with van der Waals surface area (Å²) in [5, 5.41) is 57.0. The summed E-state index contributed by atoms with van der Waals surface area (Å²) in [4.78, 5) is 70.1. The number of hydrogen-bond acceptors (Lipinski definition) is 13.